The number of carbonyl (C=O) groups excluding carboxylic acids is 1. The van der Waals surface area contributed by atoms with E-state index in [0.29, 0.717) is 26.3 Å². The van der Waals surface area contributed by atoms with E-state index in [0.717, 1.165) is 46.9 Å². The molecule has 28 heavy (non-hydrogen) atoms. The van der Waals surface area contributed by atoms with E-state index in [1.165, 1.54) is 0 Å². The standard InChI is InChI=1S/C21H20N4O3/c26-21(15-4-2-1-3-5-15)25-8-6-24(7-9-25)20-16-12-18-19(28-11-10-27-18)13-17(16)22-14-23-20/h1-5,12-14H,6-11H2. The maximum atomic E-state index is 12.7. The Hall–Kier alpha value is -3.35. The summed E-state index contributed by atoms with van der Waals surface area (Å²) in [5, 5.41) is 0.939. The minimum absolute atomic E-state index is 0.0763. The highest BCUT2D eigenvalue weighted by Crippen LogP contribution is 2.36. The molecule has 5 rings (SSSR count). The second-order valence-corrected chi connectivity index (χ2v) is 6.86. The molecule has 2 aromatic carbocycles. The molecule has 0 aliphatic carbocycles. The summed E-state index contributed by atoms with van der Waals surface area (Å²) in [4.78, 5) is 25.7. The lowest BCUT2D eigenvalue weighted by atomic mass is 10.1. The van der Waals surface area contributed by atoms with Crippen molar-refractivity contribution in [1.82, 2.24) is 14.9 Å². The molecule has 0 N–H and O–H groups in total. The van der Waals surface area contributed by atoms with Gasteiger partial charge in [0.05, 0.1) is 5.52 Å². The molecular weight excluding hydrogens is 356 g/mol. The molecule has 142 valence electrons. The number of benzene rings is 2. The smallest absolute Gasteiger partial charge is 0.253 e. The number of hydrogen-bond acceptors (Lipinski definition) is 6. The summed E-state index contributed by atoms with van der Waals surface area (Å²) in [6.45, 7) is 3.85. The van der Waals surface area contributed by atoms with Crippen LogP contribution in [0.5, 0.6) is 11.5 Å². The van der Waals surface area contributed by atoms with Crippen LogP contribution in [0.15, 0.2) is 48.8 Å². The number of hydrogen-bond donors (Lipinski definition) is 0. The number of ether oxygens (including phenoxy) is 2. The molecule has 0 saturated carbocycles. The van der Waals surface area contributed by atoms with E-state index in [1.807, 2.05) is 47.4 Å². The molecule has 0 unspecified atom stereocenters. The van der Waals surface area contributed by atoms with Gasteiger partial charge in [0.2, 0.25) is 0 Å². The number of fused-ring (bicyclic) bond motifs is 2. The molecule has 1 fully saturated rings. The highest BCUT2D eigenvalue weighted by molar-refractivity contribution is 5.95. The van der Waals surface area contributed by atoms with Crippen molar-refractivity contribution >= 4 is 22.6 Å². The number of rotatable bonds is 2. The third-order valence-corrected chi connectivity index (χ3v) is 5.17. The Morgan fingerprint density at radius 3 is 2.36 bits per heavy atom. The molecule has 0 bridgehead atoms. The predicted octanol–water partition coefficient (Wildman–Crippen LogP) is 2.36. The van der Waals surface area contributed by atoms with Crippen molar-refractivity contribution in [2.24, 2.45) is 0 Å². The normalized spacial score (nSPS) is 16.3. The van der Waals surface area contributed by atoms with Gasteiger partial charge in [-0.3, -0.25) is 4.79 Å². The summed E-state index contributed by atoms with van der Waals surface area (Å²) in [6, 6.07) is 13.3. The van der Waals surface area contributed by atoms with Gasteiger partial charge in [0.1, 0.15) is 25.4 Å². The van der Waals surface area contributed by atoms with Crippen LogP contribution in [-0.4, -0.2) is 60.2 Å². The summed E-state index contributed by atoms with van der Waals surface area (Å²) in [6.07, 6.45) is 1.58. The average molecular weight is 376 g/mol. The van der Waals surface area contributed by atoms with Gasteiger partial charge < -0.3 is 19.3 Å². The molecule has 3 aromatic rings. The molecular formula is C21H20N4O3. The fourth-order valence-corrected chi connectivity index (χ4v) is 3.72. The van der Waals surface area contributed by atoms with Gasteiger partial charge in [-0.15, -0.1) is 0 Å². The van der Waals surface area contributed by atoms with Crippen LogP contribution in [0.3, 0.4) is 0 Å². The van der Waals surface area contributed by atoms with Gasteiger partial charge in [-0.05, 0) is 18.2 Å². The van der Waals surface area contributed by atoms with Gasteiger partial charge >= 0.3 is 0 Å². The minimum atomic E-state index is 0.0763. The lowest BCUT2D eigenvalue weighted by molar-refractivity contribution is 0.0746. The van der Waals surface area contributed by atoms with Gasteiger partial charge in [0.15, 0.2) is 11.5 Å². The monoisotopic (exact) mass is 376 g/mol. The van der Waals surface area contributed by atoms with E-state index in [9.17, 15) is 4.79 Å². The molecule has 0 atom stereocenters. The number of amides is 1. The van der Waals surface area contributed by atoms with E-state index in [1.54, 1.807) is 6.33 Å². The van der Waals surface area contributed by atoms with Crippen molar-refractivity contribution < 1.29 is 14.3 Å². The number of carbonyl (C=O) groups is 1. The molecule has 7 nitrogen and oxygen atoms in total. The van der Waals surface area contributed by atoms with Crippen LogP contribution in [0.2, 0.25) is 0 Å². The predicted molar refractivity (Wildman–Crippen MR) is 105 cm³/mol. The maximum Gasteiger partial charge on any atom is 0.253 e. The summed E-state index contributed by atoms with van der Waals surface area (Å²) >= 11 is 0. The van der Waals surface area contributed by atoms with E-state index >= 15 is 0 Å². The third kappa shape index (κ3) is 2.98. The summed E-state index contributed by atoms with van der Waals surface area (Å²) < 4.78 is 11.4. The number of anilines is 1. The van der Waals surface area contributed by atoms with Crippen LogP contribution in [0, 0.1) is 0 Å². The van der Waals surface area contributed by atoms with Crippen molar-refractivity contribution in [2.75, 3.05) is 44.3 Å². The van der Waals surface area contributed by atoms with Crippen molar-refractivity contribution in [1.29, 1.82) is 0 Å². The topological polar surface area (TPSA) is 67.8 Å². The van der Waals surface area contributed by atoms with Crippen molar-refractivity contribution in [3.8, 4) is 11.5 Å². The molecule has 2 aliphatic rings. The summed E-state index contributed by atoms with van der Waals surface area (Å²) in [5.74, 6) is 2.40. The Bertz CT molecular complexity index is 1020. The summed E-state index contributed by atoms with van der Waals surface area (Å²) in [5.41, 5.74) is 1.56. The lowest BCUT2D eigenvalue weighted by Crippen LogP contribution is -2.49. The Morgan fingerprint density at radius 1 is 0.893 bits per heavy atom. The second kappa shape index (κ2) is 6.99. The van der Waals surface area contributed by atoms with Crippen molar-refractivity contribution in [2.45, 2.75) is 0 Å². The number of aromatic nitrogens is 2. The summed E-state index contributed by atoms with van der Waals surface area (Å²) in [7, 11) is 0. The highest BCUT2D eigenvalue weighted by Gasteiger charge is 2.25. The molecule has 0 radical (unpaired) electrons. The fraction of sp³-hybridized carbons (Fsp3) is 0.286. The third-order valence-electron chi connectivity index (χ3n) is 5.17. The molecule has 2 aliphatic heterocycles. The first kappa shape index (κ1) is 16.8. The number of nitrogens with zero attached hydrogens (tertiary/aromatic N) is 4. The zero-order chi connectivity index (χ0) is 18.9. The van der Waals surface area contributed by atoms with E-state index in [4.69, 9.17) is 9.47 Å². The average Bonchev–Trinajstić information content (AvgIpc) is 2.77. The Balaban J connectivity index is 1.38. The van der Waals surface area contributed by atoms with Crippen LogP contribution in [-0.2, 0) is 0 Å². The molecule has 0 spiro atoms. The fourth-order valence-electron chi connectivity index (χ4n) is 3.72. The van der Waals surface area contributed by atoms with Crippen LogP contribution in [0.4, 0.5) is 5.82 Å². The van der Waals surface area contributed by atoms with Gasteiger partial charge in [0, 0.05) is 43.2 Å². The Kier molecular flexibility index (Phi) is 4.20. The Labute approximate surface area is 162 Å². The molecule has 1 amide bonds. The first-order valence-electron chi connectivity index (χ1n) is 9.43. The largest absolute Gasteiger partial charge is 0.486 e. The molecule has 1 saturated heterocycles. The molecule has 1 aromatic heterocycles. The van der Waals surface area contributed by atoms with E-state index < -0.39 is 0 Å². The first-order chi connectivity index (χ1) is 13.8. The second-order valence-electron chi connectivity index (χ2n) is 6.86. The lowest BCUT2D eigenvalue weighted by Gasteiger charge is -2.36. The van der Waals surface area contributed by atoms with Crippen LogP contribution < -0.4 is 14.4 Å². The van der Waals surface area contributed by atoms with Gasteiger partial charge in [-0.2, -0.15) is 0 Å². The van der Waals surface area contributed by atoms with E-state index in [-0.39, 0.29) is 5.91 Å². The van der Waals surface area contributed by atoms with Gasteiger partial charge in [-0.1, -0.05) is 18.2 Å². The van der Waals surface area contributed by atoms with Crippen LogP contribution >= 0.6 is 0 Å². The van der Waals surface area contributed by atoms with Crippen LogP contribution in [0.1, 0.15) is 10.4 Å². The zero-order valence-corrected chi connectivity index (χ0v) is 15.4. The van der Waals surface area contributed by atoms with Gasteiger partial charge in [0.25, 0.3) is 5.91 Å². The molecule has 3 heterocycles. The zero-order valence-electron chi connectivity index (χ0n) is 15.4. The Morgan fingerprint density at radius 2 is 1.61 bits per heavy atom. The highest BCUT2D eigenvalue weighted by atomic mass is 16.6. The maximum absolute atomic E-state index is 12.7. The van der Waals surface area contributed by atoms with Crippen LogP contribution in [0.25, 0.3) is 10.9 Å². The minimum Gasteiger partial charge on any atom is -0.486 e. The first-order valence-corrected chi connectivity index (χ1v) is 9.43. The van der Waals surface area contributed by atoms with E-state index in [2.05, 4.69) is 14.9 Å². The quantitative estimate of drug-likeness (QED) is 0.684. The van der Waals surface area contributed by atoms with Gasteiger partial charge in [-0.25, -0.2) is 9.97 Å². The molecule has 7 heteroatoms. The van der Waals surface area contributed by atoms with Crippen molar-refractivity contribution in [3.05, 3.63) is 54.4 Å². The SMILES string of the molecule is O=C(c1ccccc1)N1CCN(c2ncnc3cc4c(cc23)OCCO4)CC1. The van der Waals surface area contributed by atoms with Crippen molar-refractivity contribution in [3.63, 3.8) is 0 Å². The number of piperazine rings is 1.